The minimum absolute atomic E-state index is 0.0425. The van der Waals surface area contributed by atoms with Gasteiger partial charge in [-0.05, 0) is 19.3 Å². The highest BCUT2D eigenvalue weighted by Gasteiger charge is 2.39. The maximum atomic E-state index is 11.2. The molecule has 0 aromatic heterocycles. The summed E-state index contributed by atoms with van der Waals surface area (Å²) < 4.78 is 0. The predicted octanol–water partition coefficient (Wildman–Crippen LogP) is 0.206. The number of carbonyl (C=O) groups is 1. The van der Waals surface area contributed by atoms with Gasteiger partial charge in [0.05, 0.1) is 6.04 Å². The average molecular weight is 211 g/mol. The summed E-state index contributed by atoms with van der Waals surface area (Å²) in [5.41, 5.74) is 11.5. The number of hydrogen-bond acceptors (Lipinski definition) is 3. The van der Waals surface area contributed by atoms with E-state index in [0.717, 1.165) is 25.8 Å². The minimum Gasteiger partial charge on any atom is -0.368 e. The molecule has 0 bridgehead atoms. The molecule has 3 unspecified atom stereocenters. The quantitative estimate of drug-likeness (QED) is 0.641. The largest absolute Gasteiger partial charge is 0.368 e. The average Bonchev–Trinajstić information content (AvgIpc) is 2.29. The summed E-state index contributed by atoms with van der Waals surface area (Å²) in [7, 11) is 0. The van der Waals surface area contributed by atoms with Crippen LogP contribution in [0.4, 0.5) is 0 Å². The van der Waals surface area contributed by atoms with Crippen LogP contribution >= 0.6 is 0 Å². The van der Waals surface area contributed by atoms with Gasteiger partial charge in [-0.1, -0.05) is 19.3 Å². The van der Waals surface area contributed by atoms with Crippen LogP contribution in [0, 0.1) is 0 Å². The molecule has 0 aromatic rings. The number of primary amides is 1. The Morgan fingerprint density at radius 3 is 2.47 bits per heavy atom. The lowest BCUT2D eigenvalue weighted by atomic mass is 9.93. The highest BCUT2D eigenvalue weighted by atomic mass is 16.1. The van der Waals surface area contributed by atoms with E-state index in [4.69, 9.17) is 11.5 Å². The van der Waals surface area contributed by atoms with Gasteiger partial charge in [0.1, 0.15) is 0 Å². The molecule has 1 saturated heterocycles. The van der Waals surface area contributed by atoms with E-state index in [9.17, 15) is 4.79 Å². The van der Waals surface area contributed by atoms with Gasteiger partial charge in [0.25, 0.3) is 0 Å². The molecule has 1 aliphatic heterocycles. The zero-order valence-corrected chi connectivity index (χ0v) is 9.19. The summed E-state index contributed by atoms with van der Waals surface area (Å²) in [6.07, 6.45) is 6.88. The third-order valence-electron chi connectivity index (χ3n) is 3.85. The van der Waals surface area contributed by atoms with Crippen LogP contribution in [0.2, 0.25) is 0 Å². The summed E-state index contributed by atoms with van der Waals surface area (Å²) in [6, 6.07) is 0.576. The number of nitrogens with zero attached hydrogens (tertiary/aromatic N) is 1. The molecule has 2 fully saturated rings. The molecule has 15 heavy (non-hydrogen) atoms. The smallest absolute Gasteiger partial charge is 0.234 e. The second-order valence-electron chi connectivity index (χ2n) is 4.81. The van der Waals surface area contributed by atoms with Crippen molar-refractivity contribution in [2.24, 2.45) is 11.5 Å². The Bertz CT molecular complexity index is 244. The maximum absolute atomic E-state index is 11.2. The molecule has 2 aliphatic rings. The van der Waals surface area contributed by atoms with Crippen molar-refractivity contribution in [1.82, 2.24) is 4.90 Å². The lowest BCUT2D eigenvalue weighted by molar-refractivity contribution is -0.129. The third kappa shape index (κ3) is 2.16. The number of amides is 1. The molecule has 1 saturated carbocycles. The van der Waals surface area contributed by atoms with E-state index in [2.05, 4.69) is 4.90 Å². The maximum Gasteiger partial charge on any atom is 0.234 e. The monoisotopic (exact) mass is 211 g/mol. The van der Waals surface area contributed by atoms with Crippen molar-refractivity contribution in [2.75, 3.05) is 6.54 Å². The van der Waals surface area contributed by atoms with Crippen molar-refractivity contribution in [1.29, 1.82) is 0 Å². The summed E-state index contributed by atoms with van der Waals surface area (Å²) in [5, 5.41) is 0. The molecule has 0 spiro atoms. The van der Waals surface area contributed by atoms with Gasteiger partial charge >= 0.3 is 0 Å². The van der Waals surface area contributed by atoms with Gasteiger partial charge < -0.3 is 11.5 Å². The van der Waals surface area contributed by atoms with E-state index in [-0.39, 0.29) is 18.0 Å². The molecule has 4 N–H and O–H groups in total. The number of likely N-dealkylation sites (tertiary alicyclic amines) is 1. The molecule has 4 heteroatoms. The number of hydrogen-bond donors (Lipinski definition) is 2. The van der Waals surface area contributed by atoms with Crippen LogP contribution in [0.1, 0.15) is 38.5 Å². The van der Waals surface area contributed by atoms with Crippen LogP contribution in [0.25, 0.3) is 0 Å². The van der Waals surface area contributed by atoms with Gasteiger partial charge in [-0.25, -0.2) is 0 Å². The number of nitrogens with two attached hydrogens (primary N) is 2. The van der Waals surface area contributed by atoms with E-state index < -0.39 is 0 Å². The van der Waals surface area contributed by atoms with Gasteiger partial charge in [-0.3, -0.25) is 9.69 Å². The molecule has 4 nitrogen and oxygen atoms in total. The molecule has 2 rings (SSSR count). The van der Waals surface area contributed by atoms with Crippen molar-refractivity contribution in [2.45, 2.75) is 56.7 Å². The zero-order chi connectivity index (χ0) is 10.8. The SMILES string of the molecule is NC(=O)C1CCN1C1CCCCCC1N. The normalized spacial score (nSPS) is 38.1. The van der Waals surface area contributed by atoms with Crippen molar-refractivity contribution >= 4 is 5.91 Å². The summed E-state index contributed by atoms with van der Waals surface area (Å²) in [5.74, 6) is -0.183. The van der Waals surface area contributed by atoms with E-state index in [1.54, 1.807) is 0 Å². The van der Waals surface area contributed by atoms with Crippen molar-refractivity contribution < 1.29 is 4.79 Å². The number of carbonyl (C=O) groups excluding carboxylic acids is 1. The lowest BCUT2D eigenvalue weighted by Gasteiger charge is -2.46. The van der Waals surface area contributed by atoms with Gasteiger partial charge in [-0.15, -0.1) is 0 Å². The van der Waals surface area contributed by atoms with Crippen LogP contribution < -0.4 is 11.5 Å². The first-order valence-corrected chi connectivity index (χ1v) is 6.01. The van der Waals surface area contributed by atoms with Crippen LogP contribution in [-0.2, 0) is 4.79 Å². The first kappa shape index (κ1) is 10.9. The van der Waals surface area contributed by atoms with Gasteiger partial charge in [0.2, 0.25) is 5.91 Å². The first-order valence-electron chi connectivity index (χ1n) is 6.01. The Labute approximate surface area is 91.0 Å². The first-order chi connectivity index (χ1) is 7.20. The molecule has 1 amide bonds. The van der Waals surface area contributed by atoms with Gasteiger partial charge in [0.15, 0.2) is 0 Å². The van der Waals surface area contributed by atoms with Crippen molar-refractivity contribution in [3.63, 3.8) is 0 Å². The summed E-state index contributed by atoms with van der Waals surface area (Å²) in [4.78, 5) is 13.4. The second kappa shape index (κ2) is 4.49. The van der Waals surface area contributed by atoms with Gasteiger partial charge in [-0.2, -0.15) is 0 Å². The molecule has 3 atom stereocenters. The highest BCUT2D eigenvalue weighted by molar-refractivity contribution is 5.80. The summed E-state index contributed by atoms with van der Waals surface area (Å²) >= 11 is 0. The minimum atomic E-state index is -0.183. The van der Waals surface area contributed by atoms with Gasteiger partial charge in [0, 0.05) is 18.6 Å². The van der Waals surface area contributed by atoms with E-state index in [1.807, 2.05) is 0 Å². The zero-order valence-electron chi connectivity index (χ0n) is 9.19. The Morgan fingerprint density at radius 1 is 1.13 bits per heavy atom. The fraction of sp³-hybridized carbons (Fsp3) is 0.909. The Balaban J connectivity index is 1.98. The third-order valence-corrected chi connectivity index (χ3v) is 3.85. The second-order valence-corrected chi connectivity index (χ2v) is 4.81. The molecule has 0 radical (unpaired) electrons. The van der Waals surface area contributed by atoms with Crippen LogP contribution in [0.15, 0.2) is 0 Å². The van der Waals surface area contributed by atoms with E-state index >= 15 is 0 Å². The van der Waals surface area contributed by atoms with Crippen LogP contribution in [0.3, 0.4) is 0 Å². The lowest BCUT2D eigenvalue weighted by Crippen LogP contribution is -2.62. The molecule has 0 aromatic carbocycles. The Kier molecular flexibility index (Phi) is 3.26. The van der Waals surface area contributed by atoms with Crippen LogP contribution in [-0.4, -0.2) is 35.5 Å². The van der Waals surface area contributed by atoms with E-state index in [0.29, 0.717) is 6.04 Å². The highest BCUT2D eigenvalue weighted by Crippen LogP contribution is 2.28. The summed E-state index contributed by atoms with van der Waals surface area (Å²) in [6.45, 7) is 0.992. The fourth-order valence-electron chi connectivity index (χ4n) is 2.84. The molecular weight excluding hydrogens is 190 g/mol. The predicted molar refractivity (Wildman–Crippen MR) is 59.2 cm³/mol. The number of rotatable bonds is 2. The molecule has 1 aliphatic carbocycles. The Hall–Kier alpha value is -0.610. The Morgan fingerprint density at radius 2 is 1.87 bits per heavy atom. The van der Waals surface area contributed by atoms with Crippen LogP contribution in [0.5, 0.6) is 0 Å². The van der Waals surface area contributed by atoms with Crippen molar-refractivity contribution in [3.8, 4) is 0 Å². The molecule has 86 valence electrons. The van der Waals surface area contributed by atoms with Crippen molar-refractivity contribution in [3.05, 3.63) is 0 Å². The molecule has 1 heterocycles. The fourth-order valence-corrected chi connectivity index (χ4v) is 2.84. The van der Waals surface area contributed by atoms with E-state index in [1.165, 1.54) is 19.3 Å². The standard InChI is InChI=1S/C11H21N3O/c12-8-4-2-1-3-5-9(8)14-7-6-10(14)11(13)15/h8-10H,1-7,12H2,(H2,13,15). The molecular formula is C11H21N3O. The topological polar surface area (TPSA) is 72.4 Å².